The summed E-state index contributed by atoms with van der Waals surface area (Å²) in [6.07, 6.45) is 0. The highest BCUT2D eigenvalue weighted by Crippen LogP contribution is 1.94. The molecule has 2 unspecified atom stereocenters. The molecule has 1 fully saturated rings. The van der Waals surface area contributed by atoms with Crippen LogP contribution < -0.4 is 16.5 Å². The van der Waals surface area contributed by atoms with Crippen LogP contribution in [-0.4, -0.2) is 30.5 Å². The molecule has 1 aliphatic rings. The van der Waals surface area contributed by atoms with Gasteiger partial charge < -0.3 is 11.1 Å². The van der Waals surface area contributed by atoms with E-state index in [2.05, 4.69) is 15.6 Å². The Morgan fingerprint density at radius 2 is 2.58 bits per heavy atom. The number of nitrogens with two attached hydrogens (primary N) is 1. The molecule has 1 saturated heterocycles. The third-order valence-electron chi connectivity index (χ3n) is 1.47. The lowest BCUT2D eigenvalue weighted by Crippen LogP contribution is -2.47. The molecule has 1 aliphatic heterocycles. The molecule has 4 N–H and O–H groups in total. The molecule has 0 aromatic rings. The average Bonchev–Trinajstić information content (AvgIpc) is 2.36. The summed E-state index contributed by atoms with van der Waals surface area (Å²) in [6, 6.07) is -1.22. The summed E-state index contributed by atoms with van der Waals surface area (Å²) in [7, 11) is 0. The first-order chi connectivity index (χ1) is 5.61. The maximum absolute atomic E-state index is 11.0. The van der Waals surface area contributed by atoms with Gasteiger partial charge in [-0.2, -0.15) is 0 Å². The maximum Gasteiger partial charge on any atom is 0.268 e. The van der Waals surface area contributed by atoms with Crippen LogP contribution in [0.25, 0.3) is 0 Å². The van der Waals surface area contributed by atoms with Crippen molar-refractivity contribution in [2.45, 2.75) is 19.0 Å². The molecule has 6 nitrogen and oxygen atoms in total. The minimum absolute atomic E-state index is 0.150. The zero-order valence-corrected chi connectivity index (χ0v) is 6.66. The van der Waals surface area contributed by atoms with Crippen molar-refractivity contribution in [1.82, 2.24) is 10.8 Å². The van der Waals surface area contributed by atoms with E-state index in [0.29, 0.717) is 0 Å². The summed E-state index contributed by atoms with van der Waals surface area (Å²) in [4.78, 5) is 26.4. The van der Waals surface area contributed by atoms with E-state index < -0.39 is 12.1 Å². The highest BCUT2D eigenvalue weighted by molar-refractivity contribution is 5.89. The van der Waals surface area contributed by atoms with Crippen molar-refractivity contribution in [1.29, 1.82) is 0 Å². The Balaban J connectivity index is 2.40. The van der Waals surface area contributed by atoms with Gasteiger partial charge in [-0.1, -0.05) is 0 Å². The minimum atomic E-state index is -0.613. The lowest BCUT2D eigenvalue weighted by molar-refractivity contribution is -0.129. The number of carbonyl (C=O) groups is 2. The molecule has 0 saturated carbocycles. The Bertz CT molecular complexity index is 204. The Hall–Kier alpha value is -1.14. The van der Waals surface area contributed by atoms with Crippen molar-refractivity contribution in [3.63, 3.8) is 0 Å². The molecule has 12 heavy (non-hydrogen) atoms. The van der Waals surface area contributed by atoms with Gasteiger partial charge >= 0.3 is 0 Å². The Morgan fingerprint density at radius 1 is 1.92 bits per heavy atom. The van der Waals surface area contributed by atoms with Crippen molar-refractivity contribution < 1.29 is 14.4 Å². The SMILES string of the molecule is CC(N)C(=O)NC1CONC1=O. The first kappa shape index (κ1) is 8.95. The van der Waals surface area contributed by atoms with Crippen LogP contribution in [0, 0.1) is 0 Å². The molecule has 1 rings (SSSR count). The van der Waals surface area contributed by atoms with Gasteiger partial charge in [0.05, 0.1) is 6.04 Å². The fourth-order valence-electron chi connectivity index (χ4n) is 0.753. The Labute approximate surface area is 69.4 Å². The minimum Gasteiger partial charge on any atom is -0.341 e. The van der Waals surface area contributed by atoms with Gasteiger partial charge in [0.1, 0.15) is 12.6 Å². The molecule has 1 heterocycles. The van der Waals surface area contributed by atoms with Crippen LogP contribution in [0.4, 0.5) is 0 Å². The van der Waals surface area contributed by atoms with Gasteiger partial charge in [-0.15, -0.1) is 0 Å². The molecule has 68 valence electrons. The lowest BCUT2D eigenvalue weighted by Gasteiger charge is -2.09. The highest BCUT2D eigenvalue weighted by Gasteiger charge is 2.27. The fourth-order valence-corrected chi connectivity index (χ4v) is 0.753. The predicted molar refractivity (Wildman–Crippen MR) is 39.7 cm³/mol. The van der Waals surface area contributed by atoms with E-state index in [4.69, 9.17) is 5.73 Å². The van der Waals surface area contributed by atoms with Crippen LogP contribution >= 0.6 is 0 Å². The van der Waals surface area contributed by atoms with Crippen LogP contribution in [0.15, 0.2) is 0 Å². The second-order valence-corrected chi connectivity index (χ2v) is 2.63. The van der Waals surface area contributed by atoms with Crippen molar-refractivity contribution in [3.05, 3.63) is 0 Å². The van der Waals surface area contributed by atoms with Gasteiger partial charge in [-0.25, -0.2) is 5.48 Å². The summed E-state index contributed by atoms with van der Waals surface area (Å²) < 4.78 is 0. The average molecular weight is 173 g/mol. The zero-order valence-electron chi connectivity index (χ0n) is 6.66. The predicted octanol–water partition coefficient (Wildman–Crippen LogP) is -2.12. The monoisotopic (exact) mass is 173 g/mol. The van der Waals surface area contributed by atoms with Crippen LogP contribution in [0.1, 0.15) is 6.92 Å². The van der Waals surface area contributed by atoms with Crippen LogP contribution in [0.3, 0.4) is 0 Å². The number of hydrogen-bond acceptors (Lipinski definition) is 4. The van der Waals surface area contributed by atoms with E-state index in [0.717, 1.165) is 0 Å². The normalized spacial score (nSPS) is 24.8. The van der Waals surface area contributed by atoms with E-state index in [-0.39, 0.29) is 18.4 Å². The standard InChI is InChI=1S/C6H11N3O3/c1-3(7)5(10)8-4-2-12-9-6(4)11/h3-4H,2,7H2,1H3,(H,8,10)(H,9,11). The van der Waals surface area contributed by atoms with Gasteiger partial charge in [-0.05, 0) is 6.92 Å². The number of hydroxylamine groups is 1. The zero-order chi connectivity index (χ0) is 9.14. The molecule has 2 atom stereocenters. The lowest BCUT2D eigenvalue weighted by atomic mass is 10.2. The number of rotatable bonds is 2. The molecule has 0 bridgehead atoms. The molecule has 0 radical (unpaired) electrons. The Kier molecular flexibility index (Phi) is 2.61. The van der Waals surface area contributed by atoms with Crippen molar-refractivity contribution in [2.75, 3.05) is 6.61 Å². The van der Waals surface area contributed by atoms with E-state index in [1.54, 1.807) is 6.92 Å². The summed E-state index contributed by atoms with van der Waals surface area (Å²) in [5.41, 5.74) is 7.39. The largest absolute Gasteiger partial charge is 0.341 e. The molecular weight excluding hydrogens is 162 g/mol. The van der Waals surface area contributed by atoms with Gasteiger partial charge in [0.25, 0.3) is 5.91 Å². The maximum atomic E-state index is 11.0. The molecule has 0 aromatic carbocycles. The van der Waals surface area contributed by atoms with E-state index in [1.165, 1.54) is 0 Å². The van der Waals surface area contributed by atoms with E-state index >= 15 is 0 Å². The van der Waals surface area contributed by atoms with Crippen molar-refractivity contribution >= 4 is 11.8 Å². The first-order valence-corrected chi connectivity index (χ1v) is 3.59. The molecule has 0 aromatic heterocycles. The third kappa shape index (κ3) is 1.93. The van der Waals surface area contributed by atoms with Crippen LogP contribution in [-0.2, 0) is 14.4 Å². The Morgan fingerprint density at radius 3 is 3.00 bits per heavy atom. The fraction of sp³-hybridized carbons (Fsp3) is 0.667. The number of nitrogens with one attached hydrogen (secondary N) is 2. The second kappa shape index (κ2) is 3.51. The first-order valence-electron chi connectivity index (χ1n) is 3.59. The number of carbonyl (C=O) groups excluding carboxylic acids is 2. The second-order valence-electron chi connectivity index (χ2n) is 2.63. The van der Waals surface area contributed by atoms with E-state index in [9.17, 15) is 9.59 Å². The van der Waals surface area contributed by atoms with Crippen LogP contribution in [0.2, 0.25) is 0 Å². The third-order valence-corrected chi connectivity index (χ3v) is 1.47. The van der Waals surface area contributed by atoms with Crippen LogP contribution in [0.5, 0.6) is 0 Å². The van der Waals surface area contributed by atoms with Gasteiger partial charge in [-0.3, -0.25) is 14.4 Å². The van der Waals surface area contributed by atoms with Gasteiger partial charge in [0, 0.05) is 0 Å². The number of hydrogen-bond donors (Lipinski definition) is 3. The van der Waals surface area contributed by atoms with Gasteiger partial charge in [0.15, 0.2) is 0 Å². The quantitative estimate of drug-likeness (QED) is 0.445. The summed E-state index contributed by atoms with van der Waals surface area (Å²) >= 11 is 0. The molecule has 0 spiro atoms. The van der Waals surface area contributed by atoms with Gasteiger partial charge in [0.2, 0.25) is 5.91 Å². The molecule has 6 heteroatoms. The topological polar surface area (TPSA) is 93.5 Å². The van der Waals surface area contributed by atoms with Crippen molar-refractivity contribution in [2.24, 2.45) is 5.73 Å². The molecular formula is C6H11N3O3. The highest BCUT2D eigenvalue weighted by atomic mass is 16.7. The smallest absolute Gasteiger partial charge is 0.268 e. The number of amides is 2. The van der Waals surface area contributed by atoms with Crippen molar-refractivity contribution in [3.8, 4) is 0 Å². The molecule has 2 amide bonds. The summed E-state index contributed by atoms with van der Waals surface area (Å²) in [5, 5.41) is 2.43. The summed E-state index contributed by atoms with van der Waals surface area (Å²) in [6.45, 7) is 1.69. The van der Waals surface area contributed by atoms with E-state index in [1.807, 2.05) is 0 Å². The summed E-state index contributed by atoms with van der Waals surface area (Å²) in [5.74, 6) is -0.704. The molecule has 0 aliphatic carbocycles.